The van der Waals surface area contributed by atoms with Crippen molar-refractivity contribution in [3.63, 3.8) is 0 Å². The summed E-state index contributed by atoms with van der Waals surface area (Å²) in [4.78, 5) is 17.4. The van der Waals surface area contributed by atoms with Crippen molar-refractivity contribution in [2.75, 3.05) is 45.8 Å². The van der Waals surface area contributed by atoms with E-state index in [1.54, 1.807) is 26.4 Å². The van der Waals surface area contributed by atoms with Gasteiger partial charge in [-0.25, -0.2) is 0 Å². The molecule has 0 bridgehead atoms. The van der Waals surface area contributed by atoms with E-state index in [2.05, 4.69) is 10.3 Å². The lowest BCUT2D eigenvalue weighted by molar-refractivity contribution is -0.0818. The molecule has 2 heterocycles. The lowest BCUT2D eigenvalue weighted by Crippen LogP contribution is -2.34. The molecule has 0 aromatic carbocycles. The highest BCUT2D eigenvalue weighted by molar-refractivity contribution is 5.92. The van der Waals surface area contributed by atoms with Gasteiger partial charge in [-0.15, -0.1) is 0 Å². The zero-order valence-electron chi connectivity index (χ0n) is 11.3. The molecule has 0 spiro atoms. The zero-order valence-corrected chi connectivity index (χ0v) is 11.3. The van der Waals surface area contributed by atoms with Crippen LogP contribution in [-0.4, -0.2) is 62.4 Å². The van der Waals surface area contributed by atoms with E-state index in [0.29, 0.717) is 32.1 Å². The van der Waals surface area contributed by atoms with Crippen molar-refractivity contribution in [3.05, 3.63) is 24.0 Å². The molecule has 1 atom stereocenters. The molecule has 6 nitrogen and oxygen atoms in total. The fourth-order valence-electron chi connectivity index (χ4n) is 1.77. The number of nitrogens with one attached hydrogen (secondary N) is 1. The Kier molecular flexibility index (Phi) is 4.70. The molecule has 1 fully saturated rings. The van der Waals surface area contributed by atoms with Crippen LogP contribution in [0.1, 0.15) is 10.5 Å². The van der Waals surface area contributed by atoms with Gasteiger partial charge in [0.1, 0.15) is 5.69 Å². The van der Waals surface area contributed by atoms with Crippen LogP contribution in [0.5, 0.6) is 0 Å². The molecule has 2 rings (SSSR count). The maximum absolute atomic E-state index is 11.8. The number of pyridine rings is 1. The number of carbonyl (C=O) groups is 1. The molecule has 1 aromatic heterocycles. The largest absolute Gasteiger partial charge is 0.382 e. The summed E-state index contributed by atoms with van der Waals surface area (Å²) in [7, 11) is 3.41. The molecule has 0 aliphatic carbocycles. The molecule has 1 aromatic rings. The fraction of sp³-hybridized carbons (Fsp3) is 0.538. The first kappa shape index (κ1) is 13.8. The molecule has 19 heavy (non-hydrogen) atoms. The van der Waals surface area contributed by atoms with Crippen molar-refractivity contribution in [1.82, 2.24) is 9.88 Å². The Balaban J connectivity index is 1.93. The summed E-state index contributed by atoms with van der Waals surface area (Å²) < 4.78 is 10.9. The smallest absolute Gasteiger partial charge is 0.272 e. The number of rotatable bonds is 4. The number of ether oxygens (including phenoxy) is 2. The Hall–Kier alpha value is -1.66. The van der Waals surface area contributed by atoms with Gasteiger partial charge in [0.2, 0.25) is 0 Å². The Morgan fingerprint density at radius 3 is 3.05 bits per heavy atom. The van der Waals surface area contributed by atoms with E-state index < -0.39 is 0 Å². The van der Waals surface area contributed by atoms with E-state index >= 15 is 0 Å². The number of hydrogen-bond acceptors (Lipinski definition) is 5. The van der Waals surface area contributed by atoms with Crippen LogP contribution in [0, 0.1) is 0 Å². The van der Waals surface area contributed by atoms with Gasteiger partial charge in [0.05, 0.1) is 25.9 Å². The minimum atomic E-state index is -0.110. The summed E-state index contributed by atoms with van der Waals surface area (Å²) in [6.45, 7) is 2.54. The highest BCUT2D eigenvalue weighted by atomic mass is 16.6. The second kappa shape index (κ2) is 6.49. The van der Waals surface area contributed by atoms with Crippen LogP contribution in [0.25, 0.3) is 0 Å². The number of amides is 1. The van der Waals surface area contributed by atoms with E-state index in [1.165, 1.54) is 4.90 Å². The van der Waals surface area contributed by atoms with E-state index in [1.807, 2.05) is 6.07 Å². The maximum Gasteiger partial charge on any atom is 0.272 e. The first-order chi connectivity index (χ1) is 9.16. The Morgan fingerprint density at radius 1 is 1.53 bits per heavy atom. The SMILES string of the molecule is CN(C)C(=O)c1cc(NCC2COCCO2)ccn1. The van der Waals surface area contributed by atoms with Crippen LogP contribution >= 0.6 is 0 Å². The molecule has 1 saturated heterocycles. The van der Waals surface area contributed by atoms with E-state index in [4.69, 9.17) is 9.47 Å². The molecule has 6 heteroatoms. The third kappa shape index (κ3) is 3.90. The van der Waals surface area contributed by atoms with Crippen molar-refractivity contribution < 1.29 is 14.3 Å². The normalized spacial score (nSPS) is 18.9. The van der Waals surface area contributed by atoms with Crippen LogP contribution in [0.4, 0.5) is 5.69 Å². The van der Waals surface area contributed by atoms with Crippen LogP contribution < -0.4 is 5.32 Å². The van der Waals surface area contributed by atoms with Gasteiger partial charge in [-0.05, 0) is 12.1 Å². The number of aromatic nitrogens is 1. The maximum atomic E-state index is 11.8. The average Bonchev–Trinajstić information content (AvgIpc) is 2.45. The Labute approximate surface area is 112 Å². The second-order valence-corrected chi connectivity index (χ2v) is 4.58. The average molecular weight is 265 g/mol. The summed E-state index contributed by atoms with van der Waals surface area (Å²) >= 11 is 0. The van der Waals surface area contributed by atoms with Gasteiger partial charge >= 0.3 is 0 Å². The molecule has 1 aliphatic rings. The summed E-state index contributed by atoms with van der Waals surface area (Å²) in [6, 6.07) is 3.57. The predicted molar refractivity (Wildman–Crippen MR) is 71.3 cm³/mol. The molecule has 1 N–H and O–H groups in total. The minimum absolute atomic E-state index is 0.0508. The standard InChI is InChI=1S/C13H19N3O3/c1-16(2)13(17)12-7-10(3-4-14-12)15-8-11-9-18-5-6-19-11/h3-4,7,11H,5-6,8-9H2,1-2H3,(H,14,15). The summed E-state index contributed by atoms with van der Waals surface area (Å²) in [5.74, 6) is -0.110. The number of nitrogens with zero attached hydrogens (tertiary/aromatic N) is 2. The lowest BCUT2D eigenvalue weighted by Gasteiger charge is -2.23. The molecule has 1 unspecified atom stereocenters. The molecule has 104 valence electrons. The molecule has 0 radical (unpaired) electrons. The van der Waals surface area contributed by atoms with Crippen molar-refractivity contribution in [2.45, 2.75) is 6.10 Å². The highest BCUT2D eigenvalue weighted by Crippen LogP contribution is 2.10. The monoisotopic (exact) mass is 265 g/mol. The van der Waals surface area contributed by atoms with Crippen molar-refractivity contribution in [3.8, 4) is 0 Å². The van der Waals surface area contributed by atoms with E-state index in [-0.39, 0.29) is 12.0 Å². The summed E-state index contributed by atoms with van der Waals surface area (Å²) in [5, 5.41) is 3.23. The first-order valence-corrected chi connectivity index (χ1v) is 6.28. The van der Waals surface area contributed by atoms with Gasteiger partial charge in [-0.1, -0.05) is 0 Å². The van der Waals surface area contributed by atoms with Gasteiger partial charge in [-0.3, -0.25) is 9.78 Å². The van der Waals surface area contributed by atoms with Crippen molar-refractivity contribution in [2.24, 2.45) is 0 Å². The highest BCUT2D eigenvalue weighted by Gasteiger charge is 2.14. The predicted octanol–water partition coefficient (Wildman–Crippen LogP) is 0.611. The fourth-order valence-corrected chi connectivity index (χ4v) is 1.77. The first-order valence-electron chi connectivity index (χ1n) is 6.28. The van der Waals surface area contributed by atoms with E-state index in [0.717, 1.165) is 5.69 Å². The van der Waals surface area contributed by atoms with E-state index in [9.17, 15) is 4.79 Å². The minimum Gasteiger partial charge on any atom is -0.382 e. The van der Waals surface area contributed by atoms with Crippen LogP contribution in [0.15, 0.2) is 18.3 Å². The van der Waals surface area contributed by atoms with Gasteiger partial charge in [0.25, 0.3) is 5.91 Å². The summed E-state index contributed by atoms with van der Waals surface area (Å²) in [6.07, 6.45) is 1.67. The third-order valence-electron chi connectivity index (χ3n) is 2.80. The molecule has 1 aliphatic heterocycles. The number of anilines is 1. The number of carbonyl (C=O) groups excluding carboxylic acids is 1. The molecule has 1 amide bonds. The Morgan fingerprint density at radius 2 is 2.37 bits per heavy atom. The molecular weight excluding hydrogens is 246 g/mol. The van der Waals surface area contributed by atoms with Crippen molar-refractivity contribution in [1.29, 1.82) is 0 Å². The van der Waals surface area contributed by atoms with Gasteiger partial charge in [-0.2, -0.15) is 0 Å². The molecular formula is C13H19N3O3. The van der Waals surface area contributed by atoms with Crippen LogP contribution in [-0.2, 0) is 9.47 Å². The quantitative estimate of drug-likeness (QED) is 0.864. The van der Waals surface area contributed by atoms with Crippen LogP contribution in [0.2, 0.25) is 0 Å². The third-order valence-corrected chi connectivity index (χ3v) is 2.80. The zero-order chi connectivity index (χ0) is 13.7. The van der Waals surface area contributed by atoms with Gasteiger partial charge in [0, 0.05) is 32.5 Å². The summed E-state index contributed by atoms with van der Waals surface area (Å²) in [5.41, 5.74) is 1.28. The topological polar surface area (TPSA) is 63.7 Å². The second-order valence-electron chi connectivity index (χ2n) is 4.58. The number of hydrogen-bond donors (Lipinski definition) is 1. The van der Waals surface area contributed by atoms with Crippen molar-refractivity contribution >= 4 is 11.6 Å². The lowest BCUT2D eigenvalue weighted by atomic mass is 10.2. The molecule has 0 saturated carbocycles. The van der Waals surface area contributed by atoms with Gasteiger partial charge < -0.3 is 19.7 Å². The van der Waals surface area contributed by atoms with Crippen LogP contribution in [0.3, 0.4) is 0 Å². The Bertz CT molecular complexity index is 431. The van der Waals surface area contributed by atoms with Gasteiger partial charge in [0.15, 0.2) is 0 Å².